The lowest BCUT2D eigenvalue weighted by Crippen LogP contribution is -2.40. The highest BCUT2D eigenvalue weighted by atomic mass is 16.7. The molecule has 1 saturated heterocycles. The molecule has 0 aromatic heterocycles. The van der Waals surface area contributed by atoms with Crippen LogP contribution in [0.2, 0.25) is 0 Å². The van der Waals surface area contributed by atoms with Crippen LogP contribution in [0.15, 0.2) is 0 Å². The predicted octanol–water partition coefficient (Wildman–Crippen LogP) is 0.548. The van der Waals surface area contributed by atoms with E-state index in [0.717, 1.165) is 0 Å². The van der Waals surface area contributed by atoms with Crippen molar-refractivity contribution >= 4 is 17.9 Å². The van der Waals surface area contributed by atoms with Crippen LogP contribution in [0.5, 0.6) is 0 Å². The first-order valence-corrected chi connectivity index (χ1v) is 6.02. The van der Waals surface area contributed by atoms with Gasteiger partial charge in [0.15, 0.2) is 6.10 Å². The van der Waals surface area contributed by atoms with Gasteiger partial charge < -0.3 is 18.9 Å². The van der Waals surface area contributed by atoms with Crippen LogP contribution in [0, 0.1) is 0 Å². The van der Waals surface area contributed by atoms with E-state index in [1.807, 2.05) is 6.92 Å². The fourth-order valence-corrected chi connectivity index (χ4v) is 1.93. The van der Waals surface area contributed by atoms with Crippen molar-refractivity contribution in [2.75, 3.05) is 0 Å². The van der Waals surface area contributed by atoms with Gasteiger partial charge in [-0.05, 0) is 6.42 Å². The largest absolute Gasteiger partial charge is 0.456 e. The smallest absolute Gasteiger partial charge is 0.305 e. The van der Waals surface area contributed by atoms with Gasteiger partial charge >= 0.3 is 17.9 Å². The second kappa shape index (κ2) is 6.51. The van der Waals surface area contributed by atoms with E-state index in [2.05, 4.69) is 0 Å². The van der Waals surface area contributed by atoms with Gasteiger partial charge in [-0.2, -0.15) is 0 Å². The van der Waals surface area contributed by atoms with E-state index in [-0.39, 0.29) is 0 Å². The number of carbonyl (C=O) groups is 3. The predicted molar refractivity (Wildman–Crippen MR) is 61.8 cm³/mol. The molecular formula is C12H18O7. The molecule has 1 fully saturated rings. The minimum absolute atomic E-state index is 0.488. The van der Waals surface area contributed by atoms with Crippen molar-refractivity contribution in [2.45, 2.75) is 58.7 Å². The highest BCUT2D eigenvalue weighted by molar-refractivity contribution is 5.68. The first-order valence-electron chi connectivity index (χ1n) is 6.02. The third kappa shape index (κ3) is 4.20. The quantitative estimate of drug-likeness (QED) is 0.546. The van der Waals surface area contributed by atoms with Crippen molar-refractivity contribution in [3.63, 3.8) is 0 Å². The number of hydrogen-bond acceptors (Lipinski definition) is 7. The topological polar surface area (TPSA) is 88.1 Å². The van der Waals surface area contributed by atoms with Crippen LogP contribution in [-0.2, 0) is 33.3 Å². The van der Waals surface area contributed by atoms with Gasteiger partial charge in [-0.25, -0.2) is 0 Å². The molecule has 0 amide bonds. The van der Waals surface area contributed by atoms with Crippen molar-refractivity contribution in [1.82, 2.24) is 0 Å². The minimum Gasteiger partial charge on any atom is -0.456 e. The van der Waals surface area contributed by atoms with Crippen molar-refractivity contribution < 1.29 is 33.3 Å². The normalized spacial score (nSPS) is 29.7. The van der Waals surface area contributed by atoms with Crippen molar-refractivity contribution in [2.24, 2.45) is 0 Å². The second-order valence-electron chi connectivity index (χ2n) is 4.21. The Morgan fingerprint density at radius 3 is 1.79 bits per heavy atom. The molecule has 0 bridgehead atoms. The fraction of sp³-hybridized carbons (Fsp3) is 0.750. The zero-order valence-corrected chi connectivity index (χ0v) is 11.4. The molecule has 0 aromatic rings. The summed E-state index contributed by atoms with van der Waals surface area (Å²) in [5, 5.41) is 0. The Kier molecular flexibility index (Phi) is 5.29. The minimum atomic E-state index is -1.06. The van der Waals surface area contributed by atoms with Gasteiger partial charge in [0.1, 0.15) is 6.10 Å². The van der Waals surface area contributed by atoms with Crippen LogP contribution < -0.4 is 0 Å². The number of carbonyl (C=O) groups excluding carboxylic acids is 3. The molecule has 1 unspecified atom stereocenters. The third-order valence-corrected chi connectivity index (χ3v) is 2.56. The van der Waals surface area contributed by atoms with Crippen LogP contribution in [0.3, 0.4) is 0 Å². The molecule has 1 aliphatic rings. The Morgan fingerprint density at radius 1 is 0.895 bits per heavy atom. The molecule has 0 saturated carbocycles. The summed E-state index contributed by atoms with van der Waals surface area (Å²) < 4.78 is 20.5. The average molecular weight is 274 g/mol. The maximum Gasteiger partial charge on any atom is 0.305 e. The molecule has 1 rings (SSSR count). The summed E-state index contributed by atoms with van der Waals surface area (Å²) in [7, 11) is 0. The molecule has 0 aromatic carbocycles. The molecule has 4 atom stereocenters. The van der Waals surface area contributed by atoms with E-state index in [9.17, 15) is 14.4 Å². The van der Waals surface area contributed by atoms with Crippen molar-refractivity contribution in [3.05, 3.63) is 0 Å². The molecular weight excluding hydrogens is 256 g/mol. The van der Waals surface area contributed by atoms with Gasteiger partial charge in [0.05, 0.1) is 0 Å². The molecule has 108 valence electrons. The highest BCUT2D eigenvalue weighted by Crippen LogP contribution is 2.29. The second-order valence-corrected chi connectivity index (χ2v) is 4.21. The van der Waals surface area contributed by atoms with Gasteiger partial charge in [0, 0.05) is 20.8 Å². The summed E-state index contributed by atoms with van der Waals surface area (Å²) in [6, 6.07) is 0. The van der Waals surface area contributed by atoms with Gasteiger partial charge in [-0.1, -0.05) is 6.92 Å². The van der Waals surface area contributed by atoms with E-state index in [0.29, 0.717) is 6.42 Å². The number of esters is 3. The average Bonchev–Trinajstić information content (AvgIpc) is 2.55. The Hall–Kier alpha value is -1.63. The highest BCUT2D eigenvalue weighted by Gasteiger charge is 2.50. The summed E-state index contributed by atoms with van der Waals surface area (Å²) >= 11 is 0. The number of hydrogen-bond donors (Lipinski definition) is 0. The van der Waals surface area contributed by atoms with Crippen molar-refractivity contribution in [3.8, 4) is 0 Å². The summed E-state index contributed by atoms with van der Waals surface area (Å²) in [5.41, 5.74) is 0. The summed E-state index contributed by atoms with van der Waals surface area (Å²) in [6.45, 7) is 5.50. The van der Waals surface area contributed by atoms with E-state index in [1.54, 1.807) is 0 Å². The zero-order chi connectivity index (χ0) is 14.6. The summed E-state index contributed by atoms with van der Waals surface area (Å²) in [5.74, 6) is -1.66. The first kappa shape index (κ1) is 15.4. The Bertz CT molecular complexity index is 365. The lowest BCUT2D eigenvalue weighted by molar-refractivity contribution is -0.195. The molecule has 0 spiro atoms. The van der Waals surface area contributed by atoms with E-state index in [4.69, 9.17) is 18.9 Å². The maximum absolute atomic E-state index is 11.1. The molecule has 0 radical (unpaired) electrons. The Balaban J connectivity index is 2.90. The van der Waals surface area contributed by atoms with Gasteiger partial charge in [0.25, 0.3) is 0 Å². The molecule has 7 nitrogen and oxygen atoms in total. The standard InChI is InChI=1S/C12H18O7/c1-5-9-10(16-6(2)13)11(17-7(3)14)12(19-9)18-8(4)15/h9-12H,5H2,1-4H3/t9-,10?,11+,12-/m1/s1. The van der Waals surface area contributed by atoms with E-state index < -0.39 is 42.5 Å². The third-order valence-electron chi connectivity index (χ3n) is 2.56. The molecule has 1 heterocycles. The SMILES string of the molecule is CC[C@H]1O[C@@H](OC(C)=O)[C@@H](OC(C)=O)C1OC(C)=O. The van der Waals surface area contributed by atoms with Crippen LogP contribution in [0.4, 0.5) is 0 Å². The van der Waals surface area contributed by atoms with E-state index in [1.165, 1.54) is 20.8 Å². The Morgan fingerprint density at radius 2 is 1.37 bits per heavy atom. The number of rotatable bonds is 4. The molecule has 0 aliphatic carbocycles. The van der Waals surface area contributed by atoms with Crippen LogP contribution >= 0.6 is 0 Å². The number of ether oxygens (including phenoxy) is 4. The van der Waals surface area contributed by atoms with Gasteiger partial charge in [0.2, 0.25) is 12.4 Å². The lowest BCUT2D eigenvalue weighted by atomic mass is 10.1. The molecule has 7 heteroatoms. The van der Waals surface area contributed by atoms with Gasteiger partial charge in [-0.15, -0.1) is 0 Å². The zero-order valence-electron chi connectivity index (χ0n) is 11.4. The van der Waals surface area contributed by atoms with Crippen LogP contribution in [0.1, 0.15) is 34.1 Å². The summed E-state index contributed by atoms with van der Waals surface area (Å²) in [4.78, 5) is 33.2. The first-order chi connectivity index (χ1) is 8.85. The lowest BCUT2D eigenvalue weighted by Gasteiger charge is -2.22. The van der Waals surface area contributed by atoms with E-state index >= 15 is 0 Å². The fourth-order valence-electron chi connectivity index (χ4n) is 1.93. The van der Waals surface area contributed by atoms with Gasteiger partial charge in [-0.3, -0.25) is 14.4 Å². The molecule has 1 aliphatic heterocycles. The monoisotopic (exact) mass is 274 g/mol. The molecule has 0 N–H and O–H groups in total. The van der Waals surface area contributed by atoms with Crippen LogP contribution in [-0.4, -0.2) is 42.5 Å². The molecule has 19 heavy (non-hydrogen) atoms. The summed E-state index contributed by atoms with van der Waals surface area (Å²) in [6.07, 6.45) is -2.76. The van der Waals surface area contributed by atoms with Crippen LogP contribution in [0.25, 0.3) is 0 Å². The van der Waals surface area contributed by atoms with Crippen molar-refractivity contribution in [1.29, 1.82) is 0 Å². The maximum atomic E-state index is 11.1. The Labute approximate surface area is 111 Å².